The highest BCUT2D eigenvalue weighted by Gasteiger charge is 2.72. The highest BCUT2D eigenvalue weighted by molar-refractivity contribution is 5.87. The van der Waals surface area contributed by atoms with Gasteiger partial charge in [-0.05, 0) is 48.8 Å². The number of carbonyl (C=O) groups excluding carboxylic acids is 2. The molecule has 5 nitrogen and oxygen atoms in total. The first-order chi connectivity index (χ1) is 16.9. The van der Waals surface area contributed by atoms with Crippen molar-refractivity contribution in [3.05, 3.63) is 77.9 Å². The van der Waals surface area contributed by atoms with Crippen LogP contribution in [0.25, 0.3) is 6.08 Å². The van der Waals surface area contributed by atoms with Gasteiger partial charge in [0, 0.05) is 24.8 Å². The van der Waals surface area contributed by atoms with E-state index in [1.165, 1.54) is 6.08 Å². The number of fused-ring (bicyclic) bond motifs is 4. The van der Waals surface area contributed by atoms with Gasteiger partial charge in [0.05, 0.1) is 0 Å². The minimum absolute atomic E-state index is 0.119. The molecule has 3 aliphatic rings. The molecule has 0 amide bonds. The second kappa shape index (κ2) is 9.27. The molecule has 2 unspecified atom stereocenters. The predicted molar refractivity (Wildman–Crippen MR) is 133 cm³/mol. The topological polar surface area (TPSA) is 61.8 Å². The number of ether oxygens (including phenoxy) is 3. The zero-order chi connectivity index (χ0) is 24.6. The number of hydrogen-bond acceptors (Lipinski definition) is 5. The van der Waals surface area contributed by atoms with Gasteiger partial charge >= 0.3 is 11.9 Å². The van der Waals surface area contributed by atoms with Crippen molar-refractivity contribution in [2.75, 3.05) is 0 Å². The third kappa shape index (κ3) is 4.10. The van der Waals surface area contributed by atoms with Crippen LogP contribution < -0.4 is 0 Å². The maximum Gasteiger partial charge on any atom is 0.331 e. The first-order valence-corrected chi connectivity index (χ1v) is 12.8. The van der Waals surface area contributed by atoms with Crippen LogP contribution in [-0.2, 0) is 29.4 Å². The number of benzene rings is 2. The van der Waals surface area contributed by atoms with Crippen LogP contribution in [0.15, 0.2) is 66.7 Å². The van der Waals surface area contributed by atoms with Crippen LogP contribution in [0.1, 0.15) is 57.6 Å². The Hall–Kier alpha value is -2.92. The van der Waals surface area contributed by atoms with Gasteiger partial charge in [-0.25, -0.2) is 4.79 Å². The van der Waals surface area contributed by atoms with Crippen LogP contribution in [0.5, 0.6) is 0 Å². The molecular formula is C30H34O5. The first-order valence-electron chi connectivity index (χ1n) is 12.8. The van der Waals surface area contributed by atoms with Crippen LogP contribution in [-0.4, -0.2) is 29.7 Å². The van der Waals surface area contributed by atoms with E-state index in [9.17, 15) is 9.59 Å². The summed E-state index contributed by atoms with van der Waals surface area (Å²) in [5.74, 6) is 0.0179. The third-order valence-corrected chi connectivity index (χ3v) is 8.41. The summed E-state index contributed by atoms with van der Waals surface area (Å²) < 4.78 is 19.3. The average Bonchev–Trinajstić information content (AvgIpc) is 3.39. The summed E-state index contributed by atoms with van der Waals surface area (Å²) in [6.07, 6.45) is 5.19. The van der Waals surface area contributed by atoms with E-state index in [0.717, 1.165) is 24.0 Å². The molecule has 35 heavy (non-hydrogen) atoms. The maximum atomic E-state index is 13.2. The Balaban J connectivity index is 1.54. The number of rotatable bonds is 6. The minimum atomic E-state index is -0.870. The molecule has 2 heterocycles. The van der Waals surface area contributed by atoms with E-state index < -0.39 is 23.4 Å². The zero-order valence-corrected chi connectivity index (χ0v) is 20.7. The van der Waals surface area contributed by atoms with Crippen molar-refractivity contribution in [3.8, 4) is 0 Å². The first kappa shape index (κ1) is 23.8. The van der Waals surface area contributed by atoms with Crippen molar-refractivity contribution in [3.63, 3.8) is 0 Å². The summed E-state index contributed by atoms with van der Waals surface area (Å²) in [5, 5.41) is 0. The Bertz CT molecular complexity index is 1100. The van der Waals surface area contributed by atoms with Crippen LogP contribution in [0.3, 0.4) is 0 Å². The predicted octanol–water partition coefficient (Wildman–Crippen LogP) is 5.68. The van der Waals surface area contributed by atoms with Crippen molar-refractivity contribution < 1.29 is 23.8 Å². The fourth-order valence-corrected chi connectivity index (χ4v) is 6.71. The number of carbonyl (C=O) groups is 2. The van der Waals surface area contributed by atoms with Gasteiger partial charge in [0.1, 0.15) is 23.4 Å². The van der Waals surface area contributed by atoms with Crippen LogP contribution in [0.4, 0.5) is 0 Å². The highest BCUT2D eigenvalue weighted by Crippen LogP contribution is 2.64. The van der Waals surface area contributed by atoms with Crippen molar-refractivity contribution in [1.82, 2.24) is 0 Å². The molecule has 2 saturated heterocycles. The van der Waals surface area contributed by atoms with Crippen LogP contribution in [0, 0.1) is 17.8 Å². The van der Waals surface area contributed by atoms with Crippen LogP contribution in [0.2, 0.25) is 0 Å². The monoisotopic (exact) mass is 474 g/mol. The quantitative estimate of drug-likeness (QED) is 0.398. The molecule has 0 spiro atoms. The maximum absolute atomic E-state index is 13.2. The fourth-order valence-electron chi connectivity index (χ4n) is 6.71. The van der Waals surface area contributed by atoms with E-state index in [2.05, 4.69) is 13.8 Å². The fraction of sp³-hybridized carbons (Fsp3) is 0.467. The molecule has 1 aliphatic carbocycles. The van der Waals surface area contributed by atoms with Crippen LogP contribution >= 0.6 is 0 Å². The molecule has 5 heteroatoms. The molecule has 184 valence electrons. The molecule has 1 saturated carbocycles. The smallest absolute Gasteiger partial charge is 0.331 e. The van der Waals surface area contributed by atoms with E-state index in [-0.39, 0.29) is 23.8 Å². The second-order valence-corrected chi connectivity index (χ2v) is 10.4. The van der Waals surface area contributed by atoms with Gasteiger partial charge in [-0.3, -0.25) is 4.79 Å². The molecule has 0 radical (unpaired) electrons. The van der Waals surface area contributed by atoms with Crippen molar-refractivity contribution in [2.24, 2.45) is 17.8 Å². The highest BCUT2D eigenvalue weighted by atomic mass is 16.6. The SMILES string of the molecule is CCC(=O)O[C@@H]1C[C@]2(c3ccccc3)O[C@@]1(C)[C@@H]1CCC(C)C1[C@@H]2OC(=O)/C=C/c1ccccc1. The molecule has 2 aromatic carbocycles. The Morgan fingerprint density at radius 3 is 2.40 bits per heavy atom. The molecule has 7 atom stereocenters. The third-order valence-electron chi connectivity index (χ3n) is 8.41. The van der Waals surface area contributed by atoms with Gasteiger partial charge in [0.25, 0.3) is 0 Å². The van der Waals surface area contributed by atoms with E-state index in [1.807, 2.05) is 67.6 Å². The molecule has 5 rings (SSSR count). The lowest BCUT2D eigenvalue weighted by atomic mass is 9.70. The second-order valence-electron chi connectivity index (χ2n) is 10.4. The Morgan fingerprint density at radius 1 is 1.03 bits per heavy atom. The number of hydrogen-bond donors (Lipinski definition) is 0. The number of esters is 2. The van der Waals surface area contributed by atoms with E-state index in [0.29, 0.717) is 18.8 Å². The summed E-state index contributed by atoms with van der Waals surface area (Å²) in [5.41, 5.74) is 0.404. The van der Waals surface area contributed by atoms with Gasteiger partial charge in [0.15, 0.2) is 0 Å². The van der Waals surface area contributed by atoms with Crippen molar-refractivity contribution >= 4 is 18.0 Å². The molecule has 2 aromatic rings. The molecule has 2 aliphatic heterocycles. The van der Waals surface area contributed by atoms with Gasteiger partial charge in [-0.2, -0.15) is 0 Å². The lowest BCUT2D eigenvalue weighted by molar-refractivity contribution is -0.257. The summed E-state index contributed by atoms with van der Waals surface area (Å²) >= 11 is 0. The summed E-state index contributed by atoms with van der Waals surface area (Å²) in [7, 11) is 0. The lowest BCUT2D eigenvalue weighted by Crippen LogP contribution is -2.59. The van der Waals surface area contributed by atoms with Gasteiger partial charge in [0.2, 0.25) is 0 Å². The summed E-state index contributed by atoms with van der Waals surface area (Å²) in [4.78, 5) is 25.6. The molecule has 0 aromatic heterocycles. The van der Waals surface area contributed by atoms with E-state index >= 15 is 0 Å². The molecule has 2 bridgehead atoms. The standard InChI is InChI=1S/C30H34O5/c1-4-25(31)33-24-19-30(22-13-9-6-10-14-22)28(27-20(2)15-17-23(27)29(24,3)35-30)34-26(32)18-16-21-11-7-5-8-12-21/h5-14,16,18,20,23-24,27-28H,4,15,17,19H2,1-3H3/b18-16+/t20?,23-,24-,27?,28+,29+,30-/m1/s1. The Kier molecular flexibility index (Phi) is 6.30. The molecule has 0 N–H and O–H groups in total. The van der Waals surface area contributed by atoms with Crippen molar-refractivity contribution in [2.45, 2.75) is 69.9 Å². The van der Waals surface area contributed by atoms with Gasteiger partial charge < -0.3 is 14.2 Å². The lowest BCUT2D eigenvalue weighted by Gasteiger charge is -2.51. The largest absolute Gasteiger partial charge is 0.459 e. The van der Waals surface area contributed by atoms with Crippen molar-refractivity contribution in [1.29, 1.82) is 0 Å². The Morgan fingerprint density at radius 2 is 1.71 bits per heavy atom. The van der Waals surface area contributed by atoms with E-state index in [4.69, 9.17) is 14.2 Å². The Labute approximate surface area is 207 Å². The summed E-state index contributed by atoms with van der Waals surface area (Å²) in [6.45, 7) is 6.14. The average molecular weight is 475 g/mol. The van der Waals surface area contributed by atoms with Gasteiger partial charge in [-0.15, -0.1) is 0 Å². The van der Waals surface area contributed by atoms with Gasteiger partial charge in [-0.1, -0.05) is 74.5 Å². The molecule has 3 fully saturated rings. The zero-order valence-electron chi connectivity index (χ0n) is 20.7. The summed E-state index contributed by atoms with van der Waals surface area (Å²) in [6, 6.07) is 19.7. The normalized spacial score (nSPS) is 35.6. The minimum Gasteiger partial charge on any atom is -0.459 e. The molecular weight excluding hydrogens is 440 g/mol. The van der Waals surface area contributed by atoms with E-state index in [1.54, 1.807) is 6.08 Å².